The van der Waals surface area contributed by atoms with Crippen LogP contribution in [0.3, 0.4) is 0 Å². The number of rotatable bonds is 3. The first kappa shape index (κ1) is 12.2. The van der Waals surface area contributed by atoms with Crippen molar-refractivity contribution in [1.82, 2.24) is 14.6 Å². The fourth-order valence-corrected chi connectivity index (χ4v) is 4.58. The first-order chi connectivity index (χ1) is 8.83. The number of hydrogen-bond acceptors (Lipinski definition) is 5. The number of fused-ring (bicyclic) bond motifs is 1. The molecular formula is C12H16N4S2. The zero-order chi connectivity index (χ0) is 12.4. The molecular weight excluding hydrogens is 264 g/mol. The standard InChI is InChI=1S/C12H16N4S2/c1-9-3-2-4-11-14-12(15-16(9)11)13-7-10-8-17-5-6-18-10/h2-4,10H,5-8H2,1H3,(H,13,15). The molecule has 1 unspecified atom stereocenters. The SMILES string of the molecule is Cc1cccc2nc(NCC3CSCCS3)nn12. The molecule has 0 saturated carbocycles. The number of nitrogens with one attached hydrogen (secondary N) is 1. The number of hydrogen-bond donors (Lipinski definition) is 1. The molecule has 1 aliphatic heterocycles. The summed E-state index contributed by atoms with van der Waals surface area (Å²) in [5.74, 6) is 4.51. The molecule has 0 bridgehead atoms. The highest BCUT2D eigenvalue weighted by atomic mass is 32.2. The average Bonchev–Trinajstić information content (AvgIpc) is 2.82. The van der Waals surface area contributed by atoms with Gasteiger partial charge in [-0.15, -0.1) is 5.10 Å². The van der Waals surface area contributed by atoms with E-state index >= 15 is 0 Å². The molecule has 1 fully saturated rings. The van der Waals surface area contributed by atoms with E-state index in [2.05, 4.69) is 15.4 Å². The van der Waals surface area contributed by atoms with Crippen LogP contribution in [0.1, 0.15) is 5.69 Å². The van der Waals surface area contributed by atoms with Gasteiger partial charge >= 0.3 is 0 Å². The third kappa shape index (κ3) is 2.59. The molecule has 1 atom stereocenters. The summed E-state index contributed by atoms with van der Waals surface area (Å²) >= 11 is 4.09. The number of aryl methyl sites for hydroxylation is 1. The minimum Gasteiger partial charge on any atom is -0.352 e. The summed E-state index contributed by atoms with van der Waals surface area (Å²) in [4.78, 5) is 4.48. The van der Waals surface area contributed by atoms with Crippen LogP contribution >= 0.6 is 23.5 Å². The third-order valence-electron chi connectivity index (χ3n) is 2.92. The predicted octanol–water partition coefficient (Wildman–Crippen LogP) is 2.30. The van der Waals surface area contributed by atoms with Gasteiger partial charge in [-0.25, -0.2) is 4.52 Å². The summed E-state index contributed by atoms with van der Waals surface area (Å²) in [6, 6.07) is 6.03. The Hall–Kier alpha value is -0.880. The van der Waals surface area contributed by atoms with Crippen LogP contribution in [0.5, 0.6) is 0 Å². The lowest BCUT2D eigenvalue weighted by Gasteiger charge is -2.20. The Morgan fingerprint density at radius 2 is 2.39 bits per heavy atom. The van der Waals surface area contributed by atoms with Crippen molar-refractivity contribution in [1.29, 1.82) is 0 Å². The molecule has 3 rings (SSSR count). The molecule has 18 heavy (non-hydrogen) atoms. The van der Waals surface area contributed by atoms with E-state index in [-0.39, 0.29) is 0 Å². The molecule has 2 aromatic heterocycles. The maximum Gasteiger partial charge on any atom is 0.243 e. The van der Waals surface area contributed by atoms with Crippen LogP contribution < -0.4 is 5.32 Å². The van der Waals surface area contributed by atoms with Gasteiger partial charge in [0.2, 0.25) is 5.95 Å². The maximum absolute atomic E-state index is 4.48. The zero-order valence-corrected chi connectivity index (χ0v) is 11.9. The molecule has 3 heterocycles. The van der Waals surface area contributed by atoms with E-state index in [9.17, 15) is 0 Å². The van der Waals surface area contributed by atoms with Gasteiger partial charge in [0.1, 0.15) is 0 Å². The molecule has 6 heteroatoms. The Labute approximate surface area is 115 Å². The molecule has 0 aromatic carbocycles. The second-order valence-corrected chi connectivity index (χ2v) is 6.88. The monoisotopic (exact) mass is 280 g/mol. The molecule has 0 aliphatic carbocycles. The smallest absolute Gasteiger partial charge is 0.243 e. The quantitative estimate of drug-likeness (QED) is 0.934. The van der Waals surface area contributed by atoms with Gasteiger partial charge in [-0.05, 0) is 19.1 Å². The van der Waals surface area contributed by atoms with Gasteiger partial charge in [-0.3, -0.25) is 0 Å². The number of pyridine rings is 1. The lowest BCUT2D eigenvalue weighted by molar-refractivity contribution is 0.903. The first-order valence-electron chi connectivity index (χ1n) is 6.08. The van der Waals surface area contributed by atoms with Crippen LogP contribution in [0.2, 0.25) is 0 Å². The van der Waals surface area contributed by atoms with E-state index in [1.807, 2.05) is 53.2 Å². The van der Waals surface area contributed by atoms with Crippen molar-refractivity contribution in [2.24, 2.45) is 0 Å². The average molecular weight is 280 g/mol. The van der Waals surface area contributed by atoms with Gasteiger partial charge in [0.05, 0.1) is 0 Å². The number of aromatic nitrogens is 3. The molecule has 1 aliphatic rings. The Balaban J connectivity index is 1.69. The van der Waals surface area contributed by atoms with E-state index in [0.29, 0.717) is 5.25 Å². The van der Waals surface area contributed by atoms with Crippen molar-refractivity contribution in [3.8, 4) is 0 Å². The lowest BCUT2D eigenvalue weighted by atomic mass is 10.4. The largest absolute Gasteiger partial charge is 0.352 e. The molecule has 1 N–H and O–H groups in total. The summed E-state index contributed by atoms with van der Waals surface area (Å²) in [6.07, 6.45) is 0. The van der Waals surface area contributed by atoms with Crippen molar-refractivity contribution in [2.75, 3.05) is 29.1 Å². The second kappa shape index (κ2) is 5.40. The Morgan fingerprint density at radius 3 is 3.17 bits per heavy atom. The normalized spacial score (nSPS) is 20.2. The third-order valence-corrected chi connectivity index (χ3v) is 5.77. The second-order valence-electron chi connectivity index (χ2n) is 4.32. The van der Waals surface area contributed by atoms with Crippen molar-refractivity contribution in [3.63, 3.8) is 0 Å². The molecule has 0 amide bonds. The van der Waals surface area contributed by atoms with Gasteiger partial charge < -0.3 is 5.32 Å². The Bertz CT molecular complexity index is 534. The fraction of sp³-hybridized carbons (Fsp3) is 0.500. The van der Waals surface area contributed by atoms with Gasteiger partial charge in [-0.1, -0.05) is 6.07 Å². The minimum absolute atomic E-state index is 0.677. The molecule has 4 nitrogen and oxygen atoms in total. The van der Waals surface area contributed by atoms with Gasteiger partial charge in [0.25, 0.3) is 0 Å². The van der Waals surface area contributed by atoms with E-state index in [1.165, 1.54) is 17.3 Å². The summed E-state index contributed by atoms with van der Waals surface area (Å²) in [5, 5.41) is 8.51. The van der Waals surface area contributed by atoms with Crippen LogP contribution in [0.15, 0.2) is 18.2 Å². The van der Waals surface area contributed by atoms with Crippen molar-refractivity contribution < 1.29 is 0 Å². The van der Waals surface area contributed by atoms with Crippen molar-refractivity contribution in [2.45, 2.75) is 12.2 Å². The molecule has 0 spiro atoms. The van der Waals surface area contributed by atoms with Crippen molar-refractivity contribution in [3.05, 3.63) is 23.9 Å². The van der Waals surface area contributed by atoms with Crippen LogP contribution in [0.25, 0.3) is 5.65 Å². The topological polar surface area (TPSA) is 42.2 Å². The van der Waals surface area contributed by atoms with Crippen LogP contribution in [0, 0.1) is 6.92 Å². The van der Waals surface area contributed by atoms with E-state index < -0.39 is 0 Å². The van der Waals surface area contributed by atoms with Crippen LogP contribution in [0.4, 0.5) is 5.95 Å². The molecule has 0 radical (unpaired) electrons. The lowest BCUT2D eigenvalue weighted by Crippen LogP contribution is -2.23. The first-order valence-corrected chi connectivity index (χ1v) is 8.29. The maximum atomic E-state index is 4.48. The van der Waals surface area contributed by atoms with E-state index in [1.54, 1.807) is 0 Å². The summed E-state index contributed by atoms with van der Waals surface area (Å²) in [7, 11) is 0. The van der Waals surface area contributed by atoms with E-state index in [4.69, 9.17) is 0 Å². The highest BCUT2D eigenvalue weighted by molar-refractivity contribution is 8.06. The van der Waals surface area contributed by atoms with Crippen LogP contribution in [-0.2, 0) is 0 Å². The highest BCUT2D eigenvalue weighted by Crippen LogP contribution is 2.24. The molecule has 1 saturated heterocycles. The minimum atomic E-state index is 0.677. The fourth-order valence-electron chi connectivity index (χ4n) is 1.97. The zero-order valence-electron chi connectivity index (χ0n) is 10.3. The number of thioether (sulfide) groups is 2. The van der Waals surface area contributed by atoms with E-state index in [0.717, 1.165) is 23.8 Å². The van der Waals surface area contributed by atoms with Crippen molar-refractivity contribution >= 4 is 35.1 Å². The van der Waals surface area contributed by atoms with Gasteiger partial charge in [-0.2, -0.15) is 28.5 Å². The molecule has 96 valence electrons. The number of anilines is 1. The molecule has 2 aromatic rings. The Morgan fingerprint density at radius 1 is 1.44 bits per heavy atom. The van der Waals surface area contributed by atoms with Gasteiger partial charge in [0, 0.05) is 34.7 Å². The van der Waals surface area contributed by atoms with Crippen LogP contribution in [-0.4, -0.2) is 43.7 Å². The van der Waals surface area contributed by atoms with Gasteiger partial charge in [0.15, 0.2) is 5.65 Å². The summed E-state index contributed by atoms with van der Waals surface area (Å²) in [6.45, 7) is 2.99. The highest BCUT2D eigenvalue weighted by Gasteiger charge is 2.14. The summed E-state index contributed by atoms with van der Waals surface area (Å²) in [5.41, 5.74) is 2.01. The number of nitrogens with zero attached hydrogens (tertiary/aromatic N) is 3. The Kier molecular flexibility index (Phi) is 3.65. The predicted molar refractivity (Wildman–Crippen MR) is 79.8 cm³/mol. The summed E-state index contributed by atoms with van der Waals surface area (Å²) < 4.78 is 1.88.